The fraction of sp³-hybridized carbons (Fsp3) is 0.370. The van der Waals surface area contributed by atoms with Crippen molar-refractivity contribution in [1.29, 1.82) is 0 Å². The van der Waals surface area contributed by atoms with E-state index in [2.05, 4.69) is 0 Å². The van der Waals surface area contributed by atoms with Crippen LogP contribution in [-0.4, -0.2) is 63.5 Å². The van der Waals surface area contributed by atoms with Gasteiger partial charge in [-0.2, -0.15) is 0 Å². The summed E-state index contributed by atoms with van der Waals surface area (Å²) in [6.07, 6.45) is 1.12. The van der Waals surface area contributed by atoms with Gasteiger partial charge in [-0.1, -0.05) is 81.4 Å². The highest BCUT2D eigenvalue weighted by Crippen LogP contribution is 2.50. The van der Waals surface area contributed by atoms with Gasteiger partial charge in [0, 0.05) is 46.4 Å². The molecule has 0 aromatic heterocycles. The second-order valence-corrected chi connectivity index (χ2v) is 14.7. The number of carboxylic acid groups (broad SMARTS) is 1. The molecule has 5 rings (SSSR count). The zero-order chi connectivity index (χ0) is 41.8. The topological polar surface area (TPSA) is 149 Å². The fourth-order valence-electron chi connectivity index (χ4n) is 7.15. The van der Waals surface area contributed by atoms with Gasteiger partial charge in [-0.3, -0.25) is 24.0 Å². The summed E-state index contributed by atoms with van der Waals surface area (Å²) in [5.74, 6) is -9.27. The number of carbonyl (C=O) groups is 5. The molecule has 4 unspecified atom stereocenters. The van der Waals surface area contributed by atoms with Crippen molar-refractivity contribution in [3.63, 3.8) is 0 Å². The van der Waals surface area contributed by atoms with E-state index in [4.69, 9.17) is 18.9 Å². The largest absolute Gasteiger partial charge is 0.481 e. The van der Waals surface area contributed by atoms with Crippen LogP contribution in [0.5, 0.6) is 23.0 Å². The van der Waals surface area contributed by atoms with Crippen LogP contribution >= 0.6 is 0 Å². The lowest BCUT2D eigenvalue weighted by Gasteiger charge is -2.49. The highest BCUT2D eigenvalue weighted by Gasteiger charge is 2.65. The van der Waals surface area contributed by atoms with Crippen LogP contribution in [0.1, 0.15) is 65.0 Å². The van der Waals surface area contributed by atoms with E-state index in [0.29, 0.717) is 35.8 Å². The predicted molar refractivity (Wildman–Crippen MR) is 215 cm³/mol. The molecule has 306 valence electrons. The van der Waals surface area contributed by atoms with Crippen LogP contribution < -0.4 is 9.47 Å². The second-order valence-electron chi connectivity index (χ2n) is 14.7. The third-order valence-electron chi connectivity index (χ3n) is 9.83. The minimum atomic E-state index is -1.76. The van der Waals surface area contributed by atoms with Gasteiger partial charge in [0.25, 0.3) is 5.79 Å². The number of para-hydroxylation sites is 2. The first-order chi connectivity index (χ1) is 27.8. The van der Waals surface area contributed by atoms with Crippen molar-refractivity contribution in [3.05, 3.63) is 120 Å². The van der Waals surface area contributed by atoms with Gasteiger partial charge >= 0.3 is 17.9 Å². The van der Waals surface area contributed by atoms with E-state index >= 15 is 0 Å². The van der Waals surface area contributed by atoms with Crippen molar-refractivity contribution in [3.8, 4) is 23.0 Å². The number of ether oxygens (including phenoxy) is 4. The van der Waals surface area contributed by atoms with Gasteiger partial charge in [0.15, 0.2) is 0 Å². The van der Waals surface area contributed by atoms with E-state index in [9.17, 15) is 29.1 Å². The number of carbonyl (C=O) groups excluding carboxylic acids is 4. The van der Waals surface area contributed by atoms with Crippen molar-refractivity contribution in [2.45, 2.75) is 72.8 Å². The van der Waals surface area contributed by atoms with Crippen molar-refractivity contribution in [2.75, 3.05) is 13.1 Å². The fourth-order valence-corrected chi connectivity index (χ4v) is 7.15. The molecule has 0 bridgehead atoms. The average molecular weight is 793 g/mol. The molecule has 1 N–H and O–H groups in total. The summed E-state index contributed by atoms with van der Waals surface area (Å²) >= 11 is 0. The SMILES string of the molecule is CCCN(Cc1ccc(Oc2ccccc2)cc1)C(=O)C1C(C(=O)O)C(C(=O)OC(C)(C)OC(=O)CC)C1C(=O)N(CCC)Cc1ccc(Oc2ccccc2)cc1. The molecule has 0 saturated heterocycles. The lowest BCUT2D eigenvalue weighted by atomic mass is 9.55. The Balaban J connectivity index is 1.43. The van der Waals surface area contributed by atoms with Gasteiger partial charge in [0.2, 0.25) is 11.8 Å². The number of benzene rings is 4. The zero-order valence-electron chi connectivity index (χ0n) is 33.7. The molecule has 1 saturated carbocycles. The molecular weight excluding hydrogens is 741 g/mol. The Morgan fingerprint density at radius 3 is 1.33 bits per heavy atom. The zero-order valence-corrected chi connectivity index (χ0v) is 33.7. The van der Waals surface area contributed by atoms with Crippen LogP contribution in [0.15, 0.2) is 109 Å². The number of amides is 2. The van der Waals surface area contributed by atoms with Crippen LogP contribution in [0.25, 0.3) is 0 Å². The first-order valence-electron chi connectivity index (χ1n) is 19.7. The maximum Gasteiger partial charge on any atom is 0.313 e. The molecule has 1 aliphatic rings. The summed E-state index contributed by atoms with van der Waals surface area (Å²) in [6.45, 7) is 8.91. The predicted octanol–water partition coefficient (Wildman–Crippen LogP) is 8.24. The highest BCUT2D eigenvalue weighted by molar-refractivity contribution is 6.00. The minimum absolute atomic E-state index is 0.0151. The van der Waals surface area contributed by atoms with Crippen LogP contribution in [0, 0.1) is 23.7 Å². The van der Waals surface area contributed by atoms with Crippen LogP contribution in [0.3, 0.4) is 0 Å². The number of nitrogens with zero attached hydrogens (tertiary/aromatic N) is 2. The second kappa shape index (κ2) is 19.8. The number of carboxylic acids is 1. The molecule has 0 aliphatic heterocycles. The molecule has 0 spiro atoms. The van der Waals surface area contributed by atoms with Crippen molar-refractivity contribution < 1.29 is 48.0 Å². The number of rotatable bonds is 19. The number of aliphatic carboxylic acids is 1. The summed E-state index contributed by atoms with van der Waals surface area (Å²) in [5.41, 5.74) is 1.53. The van der Waals surface area contributed by atoms with Crippen molar-refractivity contribution in [1.82, 2.24) is 9.80 Å². The first kappa shape index (κ1) is 43.0. The van der Waals surface area contributed by atoms with Gasteiger partial charge in [-0.05, 0) is 72.5 Å². The van der Waals surface area contributed by atoms with Crippen LogP contribution in [-0.2, 0) is 46.5 Å². The van der Waals surface area contributed by atoms with Crippen LogP contribution in [0.4, 0.5) is 0 Å². The van der Waals surface area contributed by atoms with Crippen LogP contribution in [0.2, 0.25) is 0 Å². The van der Waals surface area contributed by atoms with E-state index in [1.807, 2.05) is 98.8 Å². The summed E-state index contributed by atoms with van der Waals surface area (Å²) in [4.78, 5) is 71.7. The molecule has 0 radical (unpaired) electrons. The Labute approximate surface area is 339 Å². The monoisotopic (exact) mass is 792 g/mol. The third-order valence-corrected chi connectivity index (χ3v) is 9.83. The maximum atomic E-state index is 14.8. The summed E-state index contributed by atoms with van der Waals surface area (Å²) in [5, 5.41) is 10.6. The molecule has 1 aliphatic carbocycles. The van der Waals surface area contributed by atoms with E-state index in [1.54, 1.807) is 36.1 Å². The van der Waals surface area contributed by atoms with E-state index in [-0.39, 0.29) is 32.6 Å². The van der Waals surface area contributed by atoms with Gasteiger partial charge in [-0.25, -0.2) is 0 Å². The third kappa shape index (κ3) is 11.0. The lowest BCUT2D eigenvalue weighted by Crippen LogP contribution is -2.65. The molecule has 0 heterocycles. The molecule has 2 amide bonds. The van der Waals surface area contributed by atoms with Gasteiger partial charge in [0.05, 0.1) is 23.7 Å². The van der Waals surface area contributed by atoms with Gasteiger partial charge in [-0.15, -0.1) is 0 Å². The maximum absolute atomic E-state index is 14.8. The molecule has 4 atom stereocenters. The molecule has 1 fully saturated rings. The first-order valence-corrected chi connectivity index (χ1v) is 19.7. The Morgan fingerprint density at radius 2 is 0.948 bits per heavy atom. The Kier molecular flexibility index (Phi) is 14.7. The Hall–Kier alpha value is -6.17. The molecule has 4 aromatic rings. The quantitative estimate of drug-likeness (QED) is 0.0727. The number of hydrogen-bond donors (Lipinski definition) is 1. The smallest absolute Gasteiger partial charge is 0.313 e. The average Bonchev–Trinajstić information content (AvgIpc) is 3.18. The summed E-state index contributed by atoms with van der Waals surface area (Å²) in [6, 6.07) is 33.1. The minimum Gasteiger partial charge on any atom is -0.481 e. The molecule has 58 heavy (non-hydrogen) atoms. The Morgan fingerprint density at radius 1 is 0.552 bits per heavy atom. The lowest BCUT2D eigenvalue weighted by molar-refractivity contribution is -0.229. The summed E-state index contributed by atoms with van der Waals surface area (Å²) < 4.78 is 22.8. The van der Waals surface area contributed by atoms with Gasteiger partial charge in [0.1, 0.15) is 23.0 Å². The standard InChI is InChI=1S/C46H52N2O10/c1-6-27-47(29-31-19-23-35(24-20-31)55-33-15-11-9-12-16-33)42(50)38-39(41(40(38)44(52)53)45(54)58-46(4,5)57-37(49)8-3)43(51)48(28-7-2)30-32-21-25-36(26-22-32)56-34-17-13-10-14-18-34/h9-26,38-41H,6-8,27-30H2,1-5H3,(H,52,53). The normalized spacial score (nSPS) is 17.3. The molecular formula is C46H52N2O10. The van der Waals surface area contributed by atoms with Gasteiger partial charge < -0.3 is 33.9 Å². The van der Waals surface area contributed by atoms with E-state index in [0.717, 1.165) is 11.1 Å². The Bertz CT molecular complexity index is 2000. The van der Waals surface area contributed by atoms with E-state index < -0.39 is 59.2 Å². The molecule has 12 nitrogen and oxygen atoms in total. The molecule has 12 heteroatoms. The number of hydrogen-bond acceptors (Lipinski definition) is 9. The van der Waals surface area contributed by atoms with E-state index in [1.165, 1.54) is 18.7 Å². The van der Waals surface area contributed by atoms with Crippen molar-refractivity contribution >= 4 is 29.7 Å². The van der Waals surface area contributed by atoms with Crippen molar-refractivity contribution in [2.24, 2.45) is 23.7 Å². The summed E-state index contributed by atoms with van der Waals surface area (Å²) in [7, 11) is 0. The highest BCUT2D eigenvalue weighted by atomic mass is 16.7. The number of esters is 2. The molecule has 4 aromatic carbocycles.